The van der Waals surface area contributed by atoms with Crippen molar-refractivity contribution >= 4 is 21.8 Å². The van der Waals surface area contributed by atoms with Crippen LogP contribution in [0, 0.1) is 0 Å². The molecule has 1 saturated heterocycles. The second-order valence-electron chi connectivity index (χ2n) is 8.03. The van der Waals surface area contributed by atoms with Crippen molar-refractivity contribution in [1.82, 2.24) is 15.2 Å². The van der Waals surface area contributed by atoms with Gasteiger partial charge in [-0.2, -0.15) is 4.31 Å². The summed E-state index contributed by atoms with van der Waals surface area (Å²) in [6.45, 7) is 5.31. The van der Waals surface area contributed by atoms with Gasteiger partial charge in [-0.3, -0.25) is 20.4 Å². The van der Waals surface area contributed by atoms with Crippen LogP contribution in [-0.2, 0) is 21.2 Å². The molecule has 0 aromatic heterocycles. The number of hydrazine groups is 1. The van der Waals surface area contributed by atoms with Crippen molar-refractivity contribution in [3.8, 4) is 0 Å². The summed E-state index contributed by atoms with van der Waals surface area (Å²) in [5, 5.41) is 0. The molecule has 2 amide bonds. The molecule has 0 spiro atoms. The maximum atomic E-state index is 12.5. The third kappa shape index (κ3) is 5.92. The first-order chi connectivity index (χ1) is 14.8. The molecular weight excluding hydrogens is 414 g/mol. The molecule has 1 aliphatic heterocycles. The number of benzene rings is 2. The number of sulfonamides is 1. The van der Waals surface area contributed by atoms with Crippen LogP contribution < -0.4 is 10.9 Å². The number of hydrogen-bond donors (Lipinski definition) is 2. The molecular formula is C23H29N3O4S. The summed E-state index contributed by atoms with van der Waals surface area (Å²) in [5.74, 6) is -0.337. The van der Waals surface area contributed by atoms with Crippen LogP contribution in [0.4, 0.5) is 0 Å². The van der Waals surface area contributed by atoms with E-state index in [0.717, 1.165) is 18.4 Å². The molecule has 0 aliphatic carbocycles. The summed E-state index contributed by atoms with van der Waals surface area (Å²) >= 11 is 0. The minimum absolute atomic E-state index is 0.165. The van der Waals surface area contributed by atoms with Gasteiger partial charge in [0.15, 0.2) is 0 Å². The summed E-state index contributed by atoms with van der Waals surface area (Å²) in [5.41, 5.74) is 7.35. The van der Waals surface area contributed by atoms with Crippen LogP contribution in [0.3, 0.4) is 0 Å². The highest BCUT2D eigenvalue weighted by molar-refractivity contribution is 7.89. The zero-order chi connectivity index (χ0) is 22.4. The van der Waals surface area contributed by atoms with Crippen molar-refractivity contribution in [3.05, 3.63) is 65.2 Å². The Morgan fingerprint density at radius 2 is 1.55 bits per heavy atom. The fourth-order valence-corrected chi connectivity index (χ4v) is 4.96. The molecule has 0 atom stereocenters. The van der Waals surface area contributed by atoms with E-state index >= 15 is 0 Å². The maximum Gasteiger partial charge on any atom is 0.269 e. The summed E-state index contributed by atoms with van der Waals surface area (Å²) in [7, 11) is -3.52. The summed E-state index contributed by atoms with van der Waals surface area (Å²) in [4.78, 5) is 24.5. The van der Waals surface area contributed by atoms with Crippen LogP contribution in [-0.4, -0.2) is 37.6 Å². The van der Waals surface area contributed by atoms with E-state index in [9.17, 15) is 18.0 Å². The molecule has 0 unspecified atom stereocenters. The molecule has 0 radical (unpaired) electrons. The summed E-state index contributed by atoms with van der Waals surface area (Å²) in [6.07, 6.45) is 2.54. The predicted molar refractivity (Wildman–Crippen MR) is 119 cm³/mol. The summed E-state index contributed by atoms with van der Waals surface area (Å²) in [6, 6.07) is 13.9. The second-order valence-corrected chi connectivity index (χ2v) is 9.97. The Kier molecular flexibility index (Phi) is 7.46. The Morgan fingerprint density at radius 1 is 0.935 bits per heavy atom. The minimum atomic E-state index is -3.52. The molecule has 31 heavy (non-hydrogen) atoms. The van der Waals surface area contributed by atoms with Gasteiger partial charge in [0.25, 0.3) is 5.91 Å². The maximum absolute atomic E-state index is 12.5. The van der Waals surface area contributed by atoms with Gasteiger partial charge < -0.3 is 0 Å². The number of carbonyl (C=O) groups excluding carboxylic acids is 2. The molecule has 0 saturated carbocycles. The molecule has 2 aromatic carbocycles. The fraction of sp³-hybridized carbons (Fsp3) is 0.391. The smallest absolute Gasteiger partial charge is 0.269 e. The third-order valence-corrected chi connectivity index (χ3v) is 7.33. The molecule has 0 bridgehead atoms. The van der Waals surface area contributed by atoms with Crippen LogP contribution in [0.2, 0.25) is 0 Å². The van der Waals surface area contributed by atoms with Gasteiger partial charge in [0.1, 0.15) is 0 Å². The van der Waals surface area contributed by atoms with Gasteiger partial charge >= 0.3 is 0 Å². The summed E-state index contributed by atoms with van der Waals surface area (Å²) < 4.78 is 26.5. The molecule has 2 N–H and O–H groups in total. The Labute approximate surface area is 183 Å². The molecule has 1 fully saturated rings. The van der Waals surface area contributed by atoms with E-state index in [0.29, 0.717) is 25.4 Å². The van der Waals surface area contributed by atoms with Crippen LogP contribution in [0.15, 0.2) is 53.4 Å². The number of nitrogens with zero attached hydrogens (tertiary/aromatic N) is 1. The van der Waals surface area contributed by atoms with Crippen LogP contribution in [0.25, 0.3) is 0 Å². The SMILES string of the molecule is CC(C)c1ccc(CCC(=O)NNC(=O)c2ccc(S(=O)(=O)N3CCCC3)cc2)cc1. The largest absolute Gasteiger partial charge is 0.273 e. The number of aryl methyl sites for hydroxylation is 1. The number of amides is 2. The van der Waals surface area contributed by atoms with Crippen LogP contribution >= 0.6 is 0 Å². The van der Waals surface area contributed by atoms with Gasteiger partial charge in [0, 0.05) is 25.1 Å². The van der Waals surface area contributed by atoms with Crippen molar-refractivity contribution in [3.63, 3.8) is 0 Å². The van der Waals surface area contributed by atoms with Gasteiger partial charge in [0.05, 0.1) is 4.90 Å². The predicted octanol–water partition coefficient (Wildman–Crippen LogP) is 2.99. The lowest BCUT2D eigenvalue weighted by Crippen LogP contribution is -2.41. The molecule has 1 aliphatic rings. The Hall–Kier alpha value is -2.71. The standard InChI is InChI=1S/C23H29N3O4S/c1-17(2)19-8-5-18(6-9-19)7-14-22(27)24-25-23(28)20-10-12-21(13-11-20)31(29,30)26-15-3-4-16-26/h5-6,8-13,17H,3-4,7,14-16H2,1-2H3,(H,24,27)(H,25,28). The van der Waals surface area contributed by atoms with Crippen molar-refractivity contribution in [2.45, 2.75) is 50.3 Å². The zero-order valence-electron chi connectivity index (χ0n) is 17.9. The highest BCUT2D eigenvalue weighted by Gasteiger charge is 2.27. The zero-order valence-corrected chi connectivity index (χ0v) is 18.7. The van der Waals surface area contributed by atoms with E-state index in [4.69, 9.17) is 0 Å². The first-order valence-corrected chi connectivity index (χ1v) is 12.0. The molecule has 3 rings (SSSR count). The molecule has 166 valence electrons. The van der Waals surface area contributed by atoms with Crippen molar-refractivity contribution < 1.29 is 18.0 Å². The van der Waals surface area contributed by atoms with E-state index in [1.54, 1.807) is 0 Å². The number of hydrogen-bond acceptors (Lipinski definition) is 4. The monoisotopic (exact) mass is 443 g/mol. The number of rotatable bonds is 7. The minimum Gasteiger partial charge on any atom is -0.273 e. The van der Waals surface area contributed by atoms with Gasteiger partial charge in [-0.1, -0.05) is 38.1 Å². The molecule has 8 heteroatoms. The quantitative estimate of drug-likeness (QED) is 0.643. The molecule has 2 aromatic rings. The van der Waals surface area contributed by atoms with E-state index in [1.165, 1.54) is 34.1 Å². The highest BCUT2D eigenvalue weighted by atomic mass is 32.2. The Bertz CT molecular complexity index is 1010. The molecule has 7 nitrogen and oxygen atoms in total. The second kappa shape index (κ2) is 10.1. The number of nitrogens with one attached hydrogen (secondary N) is 2. The fourth-order valence-electron chi connectivity index (χ4n) is 3.44. The lowest BCUT2D eigenvalue weighted by molar-refractivity contribution is -0.121. The van der Waals surface area contributed by atoms with Crippen molar-refractivity contribution in [2.75, 3.05) is 13.1 Å². The Balaban J connectivity index is 1.48. The average Bonchev–Trinajstić information content (AvgIpc) is 3.32. The lowest BCUT2D eigenvalue weighted by Gasteiger charge is -2.15. The van der Waals surface area contributed by atoms with E-state index in [1.807, 2.05) is 12.1 Å². The van der Waals surface area contributed by atoms with Crippen molar-refractivity contribution in [1.29, 1.82) is 0 Å². The lowest BCUT2D eigenvalue weighted by atomic mass is 10.0. The van der Waals surface area contributed by atoms with Crippen LogP contribution in [0.5, 0.6) is 0 Å². The van der Waals surface area contributed by atoms with Gasteiger partial charge in [0.2, 0.25) is 15.9 Å². The van der Waals surface area contributed by atoms with Crippen LogP contribution in [0.1, 0.15) is 60.5 Å². The topological polar surface area (TPSA) is 95.6 Å². The first-order valence-electron chi connectivity index (χ1n) is 10.6. The normalized spacial score (nSPS) is 14.5. The first kappa shape index (κ1) is 23.0. The Morgan fingerprint density at radius 3 is 2.13 bits per heavy atom. The highest BCUT2D eigenvalue weighted by Crippen LogP contribution is 2.21. The van der Waals surface area contributed by atoms with E-state index in [-0.39, 0.29) is 22.8 Å². The van der Waals surface area contributed by atoms with Gasteiger partial charge in [-0.05, 0) is 60.6 Å². The molecule has 1 heterocycles. The average molecular weight is 444 g/mol. The number of carbonyl (C=O) groups is 2. The van der Waals surface area contributed by atoms with Crippen molar-refractivity contribution in [2.24, 2.45) is 0 Å². The van der Waals surface area contributed by atoms with Gasteiger partial charge in [-0.15, -0.1) is 0 Å². The van der Waals surface area contributed by atoms with Gasteiger partial charge in [-0.25, -0.2) is 8.42 Å². The van der Waals surface area contributed by atoms with E-state index < -0.39 is 15.9 Å². The third-order valence-electron chi connectivity index (χ3n) is 5.42. The van der Waals surface area contributed by atoms with E-state index in [2.05, 4.69) is 36.8 Å².